The van der Waals surface area contributed by atoms with Gasteiger partial charge in [0.25, 0.3) is 0 Å². The van der Waals surface area contributed by atoms with Crippen molar-refractivity contribution in [1.82, 2.24) is 5.32 Å². The first-order chi connectivity index (χ1) is 8.60. The molecule has 2 fully saturated rings. The van der Waals surface area contributed by atoms with Gasteiger partial charge in [-0.1, -0.05) is 31.5 Å². The molecule has 0 aromatic rings. The van der Waals surface area contributed by atoms with Crippen LogP contribution in [0.1, 0.15) is 44.9 Å². The summed E-state index contributed by atoms with van der Waals surface area (Å²) in [6.07, 6.45) is 9.61. The summed E-state index contributed by atoms with van der Waals surface area (Å²) in [7, 11) is 0. The van der Waals surface area contributed by atoms with Crippen LogP contribution in [-0.4, -0.2) is 28.4 Å². The molecule has 102 valence electrons. The zero-order valence-corrected chi connectivity index (χ0v) is 12.5. The predicted molar refractivity (Wildman–Crippen MR) is 80.8 cm³/mol. The lowest BCUT2D eigenvalue weighted by molar-refractivity contribution is -0.131. The molecule has 0 heterocycles. The van der Waals surface area contributed by atoms with Crippen LogP contribution in [0.15, 0.2) is 0 Å². The summed E-state index contributed by atoms with van der Waals surface area (Å²) in [4.78, 5) is 12.8. The van der Waals surface area contributed by atoms with Crippen LogP contribution in [0.25, 0.3) is 0 Å². The highest BCUT2D eigenvalue weighted by molar-refractivity contribution is 7.99. The number of amides is 1. The third-order valence-electron chi connectivity index (χ3n) is 4.44. The van der Waals surface area contributed by atoms with E-state index < -0.39 is 5.41 Å². The van der Waals surface area contributed by atoms with Gasteiger partial charge in [-0.3, -0.25) is 4.79 Å². The molecular formula is C13H22N2OS2. The number of nitrogens with two attached hydrogens (primary N) is 1. The van der Waals surface area contributed by atoms with Gasteiger partial charge in [-0.15, -0.1) is 0 Å². The summed E-state index contributed by atoms with van der Waals surface area (Å²) in [5, 5.41) is 3.76. The fourth-order valence-corrected chi connectivity index (χ4v) is 4.20. The van der Waals surface area contributed by atoms with Crippen LogP contribution in [0.3, 0.4) is 0 Å². The largest absolute Gasteiger partial charge is 0.392 e. The molecule has 2 atom stereocenters. The van der Waals surface area contributed by atoms with Gasteiger partial charge in [0.1, 0.15) is 0 Å². The number of hydrogen-bond donors (Lipinski definition) is 2. The molecule has 0 aliphatic heterocycles. The van der Waals surface area contributed by atoms with Gasteiger partial charge in [-0.25, -0.2) is 0 Å². The van der Waals surface area contributed by atoms with Crippen LogP contribution >= 0.6 is 24.0 Å². The second-order valence-corrected chi connectivity index (χ2v) is 6.96. The molecule has 0 bridgehead atoms. The molecule has 0 spiro atoms. The van der Waals surface area contributed by atoms with Crippen LogP contribution in [0.2, 0.25) is 0 Å². The molecule has 0 saturated heterocycles. The number of carbonyl (C=O) groups excluding carboxylic acids is 1. The Balaban J connectivity index is 1.99. The van der Waals surface area contributed by atoms with E-state index in [0.29, 0.717) is 16.3 Å². The molecule has 3 nitrogen and oxygen atoms in total. The van der Waals surface area contributed by atoms with Gasteiger partial charge < -0.3 is 11.1 Å². The molecule has 2 unspecified atom stereocenters. The minimum absolute atomic E-state index is 0.0761. The van der Waals surface area contributed by atoms with E-state index in [1.54, 1.807) is 0 Å². The summed E-state index contributed by atoms with van der Waals surface area (Å²) < 4.78 is 0. The lowest BCUT2D eigenvalue weighted by Crippen LogP contribution is -2.57. The Morgan fingerprint density at radius 3 is 2.50 bits per heavy atom. The third-order valence-corrected chi connectivity index (χ3v) is 6.00. The number of carbonyl (C=O) groups is 1. The van der Waals surface area contributed by atoms with Crippen molar-refractivity contribution in [1.29, 1.82) is 0 Å². The van der Waals surface area contributed by atoms with E-state index in [9.17, 15) is 4.79 Å². The van der Waals surface area contributed by atoms with Gasteiger partial charge in [0.15, 0.2) is 0 Å². The van der Waals surface area contributed by atoms with Crippen LogP contribution < -0.4 is 11.1 Å². The summed E-state index contributed by atoms with van der Waals surface area (Å²) in [5.41, 5.74) is 5.24. The molecule has 2 rings (SSSR count). The lowest BCUT2D eigenvalue weighted by atomic mass is 9.67. The van der Waals surface area contributed by atoms with Crippen LogP contribution in [0.4, 0.5) is 0 Å². The fraction of sp³-hybridized carbons (Fsp3) is 0.846. The minimum Gasteiger partial charge on any atom is -0.392 e. The van der Waals surface area contributed by atoms with Crippen molar-refractivity contribution in [2.75, 3.05) is 6.26 Å². The first kappa shape index (κ1) is 14.1. The topological polar surface area (TPSA) is 55.1 Å². The number of rotatable bonds is 4. The number of hydrogen-bond acceptors (Lipinski definition) is 3. The first-order valence-corrected chi connectivity index (χ1v) is 8.43. The molecule has 2 aliphatic rings. The van der Waals surface area contributed by atoms with E-state index in [1.165, 1.54) is 19.3 Å². The van der Waals surface area contributed by atoms with Crippen molar-refractivity contribution >= 4 is 34.9 Å². The molecule has 5 heteroatoms. The van der Waals surface area contributed by atoms with Gasteiger partial charge in [-0.05, 0) is 31.9 Å². The van der Waals surface area contributed by atoms with Gasteiger partial charge >= 0.3 is 0 Å². The Kier molecular flexibility index (Phi) is 4.54. The maximum Gasteiger partial charge on any atom is 0.233 e. The van der Waals surface area contributed by atoms with Crippen molar-refractivity contribution in [2.24, 2.45) is 11.1 Å². The molecule has 0 aromatic carbocycles. The second kappa shape index (κ2) is 5.78. The molecule has 0 radical (unpaired) electrons. The highest BCUT2D eigenvalue weighted by Crippen LogP contribution is 2.42. The third kappa shape index (κ3) is 2.52. The van der Waals surface area contributed by atoms with E-state index >= 15 is 0 Å². The number of nitrogens with one attached hydrogen (secondary N) is 1. The number of thiocarbonyl (C=S) groups is 1. The van der Waals surface area contributed by atoms with E-state index in [2.05, 4.69) is 11.6 Å². The Hall–Kier alpha value is -0.290. The summed E-state index contributed by atoms with van der Waals surface area (Å²) in [6, 6.07) is 0.299. The first-order valence-electron chi connectivity index (χ1n) is 6.74. The van der Waals surface area contributed by atoms with E-state index in [0.717, 1.165) is 25.7 Å². The van der Waals surface area contributed by atoms with Crippen molar-refractivity contribution < 1.29 is 4.79 Å². The maximum absolute atomic E-state index is 12.4. The monoisotopic (exact) mass is 286 g/mol. The smallest absolute Gasteiger partial charge is 0.233 e. The van der Waals surface area contributed by atoms with Crippen LogP contribution in [-0.2, 0) is 4.79 Å². The van der Waals surface area contributed by atoms with E-state index in [-0.39, 0.29) is 5.91 Å². The van der Waals surface area contributed by atoms with Crippen LogP contribution in [0.5, 0.6) is 0 Å². The van der Waals surface area contributed by atoms with Gasteiger partial charge in [-0.2, -0.15) is 11.8 Å². The van der Waals surface area contributed by atoms with Gasteiger partial charge in [0.05, 0.1) is 10.4 Å². The molecule has 3 N–H and O–H groups in total. The Morgan fingerprint density at radius 1 is 1.33 bits per heavy atom. The Morgan fingerprint density at radius 2 is 2.00 bits per heavy atom. The van der Waals surface area contributed by atoms with Crippen molar-refractivity contribution in [3.05, 3.63) is 0 Å². The Bertz CT molecular complexity index is 342. The molecular weight excluding hydrogens is 264 g/mol. The lowest BCUT2D eigenvalue weighted by Gasteiger charge is -2.41. The molecule has 2 aliphatic carbocycles. The van der Waals surface area contributed by atoms with Crippen molar-refractivity contribution in [3.8, 4) is 0 Å². The maximum atomic E-state index is 12.4. The minimum atomic E-state index is -0.532. The quantitative estimate of drug-likeness (QED) is 0.778. The summed E-state index contributed by atoms with van der Waals surface area (Å²) in [6.45, 7) is 0. The SMILES string of the molecule is CSC1CCCCC1NC(=O)C1(C(N)=S)CCC1. The van der Waals surface area contributed by atoms with Crippen LogP contribution in [0, 0.1) is 5.41 Å². The van der Waals surface area contributed by atoms with E-state index in [1.807, 2.05) is 11.8 Å². The van der Waals surface area contributed by atoms with Crippen molar-refractivity contribution in [2.45, 2.75) is 56.2 Å². The molecule has 2 saturated carbocycles. The summed E-state index contributed by atoms with van der Waals surface area (Å²) in [5.74, 6) is 0.0761. The molecule has 0 aromatic heterocycles. The highest BCUT2D eigenvalue weighted by atomic mass is 32.2. The second-order valence-electron chi connectivity index (χ2n) is 5.44. The zero-order valence-electron chi connectivity index (χ0n) is 10.9. The normalized spacial score (nSPS) is 30.3. The van der Waals surface area contributed by atoms with Gasteiger partial charge in [0.2, 0.25) is 5.91 Å². The van der Waals surface area contributed by atoms with Crippen molar-refractivity contribution in [3.63, 3.8) is 0 Å². The standard InChI is InChI=1S/C13H22N2OS2/c1-18-10-6-3-2-5-9(10)15-12(16)13(11(14)17)7-4-8-13/h9-10H,2-8H2,1H3,(H2,14,17)(H,15,16). The summed E-state index contributed by atoms with van der Waals surface area (Å²) >= 11 is 6.96. The highest BCUT2D eigenvalue weighted by Gasteiger charge is 2.47. The molecule has 1 amide bonds. The predicted octanol–water partition coefficient (Wildman–Crippen LogP) is 2.23. The fourth-order valence-electron chi connectivity index (χ4n) is 2.97. The zero-order chi connectivity index (χ0) is 13.2. The number of thioether (sulfide) groups is 1. The average molecular weight is 286 g/mol. The van der Waals surface area contributed by atoms with E-state index in [4.69, 9.17) is 18.0 Å². The molecule has 18 heavy (non-hydrogen) atoms. The van der Waals surface area contributed by atoms with Gasteiger partial charge in [0, 0.05) is 11.3 Å². The average Bonchev–Trinajstić information content (AvgIpc) is 2.27. The Labute approximate surface area is 119 Å².